The quantitative estimate of drug-likeness (QED) is 0.355. The molecule has 14 heteroatoms. The third-order valence-corrected chi connectivity index (χ3v) is 7.47. The van der Waals surface area contributed by atoms with E-state index in [2.05, 4.69) is 20.3 Å². The number of amides is 1. The van der Waals surface area contributed by atoms with Gasteiger partial charge < -0.3 is 15.3 Å². The van der Waals surface area contributed by atoms with Gasteiger partial charge >= 0.3 is 12.1 Å². The predicted molar refractivity (Wildman–Crippen MR) is 156 cm³/mol. The Morgan fingerprint density at radius 3 is 2.29 bits per heavy atom. The first-order chi connectivity index (χ1) is 19.2. The highest BCUT2D eigenvalue weighted by Crippen LogP contribution is 2.35. The van der Waals surface area contributed by atoms with Crippen LogP contribution in [-0.2, 0) is 11.3 Å². The number of benzene rings is 1. The number of nitrogens with one attached hydrogen (secondary N) is 1. The van der Waals surface area contributed by atoms with Crippen molar-refractivity contribution < 1.29 is 27.9 Å². The van der Waals surface area contributed by atoms with Crippen LogP contribution in [-0.4, -0.2) is 68.7 Å². The highest BCUT2D eigenvalue weighted by molar-refractivity contribution is 6.02. The summed E-state index contributed by atoms with van der Waals surface area (Å²) in [5.41, 5.74) is 2.19. The molecule has 2 aliphatic heterocycles. The molecule has 5 rings (SSSR count). The molecule has 9 nitrogen and oxygen atoms in total. The normalized spacial score (nSPS) is 17.7. The van der Waals surface area contributed by atoms with E-state index in [-0.39, 0.29) is 55.2 Å². The molecule has 0 unspecified atom stereocenters. The third-order valence-electron chi connectivity index (χ3n) is 7.47. The number of rotatable bonds is 7. The van der Waals surface area contributed by atoms with Gasteiger partial charge in [0.05, 0.1) is 18.3 Å². The number of pyridine rings is 1. The summed E-state index contributed by atoms with van der Waals surface area (Å²) in [5, 5.41) is 11.9. The Morgan fingerprint density at radius 1 is 0.952 bits per heavy atom. The van der Waals surface area contributed by atoms with Gasteiger partial charge in [-0.25, -0.2) is 15.0 Å². The van der Waals surface area contributed by atoms with Gasteiger partial charge in [0.15, 0.2) is 0 Å². The minimum atomic E-state index is -4.31. The Morgan fingerprint density at radius 2 is 1.67 bits per heavy atom. The number of halogens is 5. The number of nitrogens with zero attached hydrogens (tertiary/aromatic N) is 5. The first kappa shape index (κ1) is 33.0. The number of alkyl halides is 3. The van der Waals surface area contributed by atoms with Crippen LogP contribution in [0.15, 0.2) is 55.0 Å². The first-order valence-electron chi connectivity index (χ1n) is 13.2. The smallest absolute Gasteiger partial charge is 0.404 e. The number of piperidine rings is 1. The van der Waals surface area contributed by atoms with Crippen molar-refractivity contribution in [2.75, 3.05) is 29.9 Å². The molecule has 2 fully saturated rings. The number of anilines is 2. The molecule has 2 aliphatic rings. The van der Waals surface area contributed by atoms with Gasteiger partial charge in [0.1, 0.15) is 23.4 Å². The zero-order chi connectivity index (χ0) is 28.3. The standard InChI is InChI=1S/C28H29F3N6O3.2ClH/c29-28(30,31)23-7-4-10-37(23)17-20-13-24(33-14-21(20)18-5-2-1-3-6-18)35-26(38)22-15-34-25(16-32-22)36-11-8-19(9-12-36)27(39)40;;/h1-3,5-6,13-16,19,23H,4,7-12,17H2,(H,39,40)(H,33,35,38);2*1H/t23-;;/m0../s1. The van der Waals surface area contributed by atoms with Gasteiger partial charge in [0.25, 0.3) is 5.91 Å². The average Bonchev–Trinajstić information content (AvgIpc) is 3.43. The summed E-state index contributed by atoms with van der Waals surface area (Å²) in [5.74, 6) is -0.970. The van der Waals surface area contributed by atoms with Gasteiger partial charge in [0, 0.05) is 31.4 Å². The fourth-order valence-corrected chi connectivity index (χ4v) is 5.32. The lowest BCUT2D eigenvalue weighted by atomic mass is 9.97. The Bertz CT molecular complexity index is 1360. The van der Waals surface area contributed by atoms with Gasteiger partial charge in [-0.15, -0.1) is 24.8 Å². The molecule has 1 amide bonds. The number of hydrogen-bond donors (Lipinski definition) is 2. The molecule has 1 aromatic carbocycles. The summed E-state index contributed by atoms with van der Waals surface area (Å²) in [7, 11) is 0. The molecule has 226 valence electrons. The molecule has 3 aromatic rings. The van der Waals surface area contributed by atoms with Crippen molar-refractivity contribution in [3.63, 3.8) is 0 Å². The molecular formula is C28H31Cl2F3N6O3. The van der Waals surface area contributed by atoms with Crippen LogP contribution >= 0.6 is 24.8 Å². The van der Waals surface area contributed by atoms with Crippen LogP contribution < -0.4 is 10.2 Å². The zero-order valence-electron chi connectivity index (χ0n) is 22.5. The zero-order valence-corrected chi connectivity index (χ0v) is 24.1. The molecule has 2 saturated heterocycles. The second kappa shape index (κ2) is 14.1. The van der Waals surface area contributed by atoms with E-state index in [1.165, 1.54) is 17.3 Å². The Labute approximate surface area is 253 Å². The van der Waals surface area contributed by atoms with E-state index in [1.807, 2.05) is 35.2 Å². The van der Waals surface area contributed by atoms with Crippen LogP contribution in [0, 0.1) is 5.92 Å². The van der Waals surface area contributed by atoms with Crippen LogP contribution in [0.2, 0.25) is 0 Å². The van der Waals surface area contributed by atoms with Crippen molar-refractivity contribution >= 4 is 48.3 Å². The molecular weight excluding hydrogens is 596 g/mol. The number of hydrogen-bond acceptors (Lipinski definition) is 7. The summed E-state index contributed by atoms with van der Waals surface area (Å²) in [6, 6.07) is 9.39. The number of likely N-dealkylation sites (tertiary alicyclic amines) is 1. The molecule has 42 heavy (non-hydrogen) atoms. The summed E-state index contributed by atoms with van der Waals surface area (Å²) >= 11 is 0. The van der Waals surface area contributed by atoms with Gasteiger partial charge in [-0.3, -0.25) is 14.5 Å². The second-order valence-electron chi connectivity index (χ2n) is 10.1. The number of carbonyl (C=O) groups is 2. The number of carboxylic acid groups (broad SMARTS) is 1. The number of carboxylic acids is 1. The fraction of sp³-hybridized carbons (Fsp3) is 0.393. The van der Waals surface area contributed by atoms with E-state index in [4.69, 9.17) is 0 Å². The summed E-state index contributed by atoms with van der Waals surface area (Å²) in [6.45, 7) is 1.46. The van der Waals surface area contributed by atoms with Crippen molar-refractivity contribution in [1.29, 1.82) is 0 Å². The van der Waals surface area contributed by atoms with Crippen molar-refractivity contribution in [2.45, 2.75) is 44.4 Å². The average molecular weight is 627 g/mol. The highest BCUT2D eigenvalue weighted by atomic mass is 35.5. The lowest BCUT2D eigenvalue weighted by Crippen LogP contribution is -2.40. The highest BCUT2D eigenvalue weighted by Gasteiger charge is 2.45. The Hall–Kier alpha value is -3.48. The Balaban J connectivity index is 0.00000242. The van der Waals surface area contributed by atoms with Crippen LogP contribution in [0.25, 0.3) is 11.1 Å². The summed E-state index contributed by atoms with van der Waals surface area (Å²) in [4.78, 5) is 40.4. The van der Waals surface area contributed by atoms with E-state index in [0.717, 1.165) is 5.56 Å². The largest absolute Gasteiger partial charge is 0.481 e. The monoisotopic (exact) mass is 626 g/mol. The van der Waals surface area contributed by atoms with Crippen molar-refractivity contribution in [2.24, 2.45) is 5.92 Å². The van der Waals surface area contributed by atoms with Crippen molar-refractivity contribution in [3.05, 3.63) is 66.2 Å². The molecule has 4 heterocycles. The number of aromatic nitrogens is 3. The van der Waals surface area contributed by atoms with Gasteiger partial charge in [-0.1, -0.05) is 30.3 Å². The van der Waals surface area contributed by atoms with Crippen LogP contribution in [0.1, 0.15) is 41.7 Å². The lowest BCUT2D eigenvalue weighted by Gasteiger charge is -2.30. The van der Waals surface area contributed by atoms with E-state index in [9.17, 15) is 27.9 Å². The van der Waals surface area contributed by atoms with Crippen LogP contribution in [0.5, 0.6) is 0 Å². The second-order valence-corrected chi connectivity index (χ2v) is 10.1. The summed E-state index contributed by atoms with van der Waals surface area (Å²) in [6.07, 6.45) is 1.60. The van der Waals surface area contributed by atoms with E-state index < -0.39 is 24.1 Å². The lowest BCUT2D eigenvalue weighted by molar-refractivity contribution is -0.177. The van der Waals surface area contributed by atoms with Crippen LogP contribution in [0.4, 0.5) is 24.8 Å². The molecule has 2 N–H and O–H groups in total. The molecule has 0 radical (unpaired) electrons. The number of aliphatic carboxylic acids is 1. The van der Waals surface area contributed by atoms with Gasteiger partial charge in [0.2, 0.25) is 0 Å². The molecule has 0 spiro atoms. The van der Waals surface area contributed by atoms with Gasteiger partial charge in [-0.05, 0) is 49.4 Å². The van der Waals surface area contributed by atoms with Crippen molar-refractivity contribution in [3.8, 4) is 11.1 Å². The minimum Gasteiger partial charge on any atom is -0.481 e. The SMILES string of the molecule is Cl.Cl.O=C(Nc1cc(CN2CCC[C@H]2C(F)(F)F)c(-c2ccccc2)cn1)c1cnc(N2CCC(C(=O)O)CC2)cn1. The van der Waals surface area contributed by atoms with E-state index in [0.29, 0.717) is 55.8 Å². The third kappa shape index (κ3) is 7.67. The summed E-state index contributed by atoms with van der Waals surface area (Å²) < 4.78 is 40.9. The molecule has 0 bridgehead atoms. The maximum Gasteiger partial charge on any atom is 0.404 e. The fourth-order valence-electron chi connectivity index (χ4n) is 5.32. The maximum absolute atomic E-state index is 13.6. The number of carbonyl (C=O) groups excluding carboxylic acids is 1. The molecule has 0 saturated carbocycles. The minimum absolute atomic E-state index is 0. The predicted octanol–water partition coefficient (Wildman–Crippen LogP) is 5.46. The first-order valence-corrected chi connectivity index (χ1v) is 13.2. The van der Waals surface area contributed by atoms with Crippen LogP contribution in [0.3, 0.4) is 0 Å². The molecule has 1 atom stereocenters. The molecule has 2 aromatic heterocycles. The van der Waals surface area contributed by atoms with Crippen molar-refractivity contribution in [1.82, 2.24) is 19.9 Å². The van der Waals surface area contributed by atoms with E-state index >= 15 is 0 Å². The van der Waals surface area contributed by atoms with E-state index in [1.54, 1.807) is 12.3 Å². The van der Waals surface area contributed by atoms with Gasteiger partial charge in [-0.2, -0.15) is 13.2 Å². The Kier molecular flexibility index (Phi) is 11.1. The molecule has 0 aliphatic carbocycles. The maximum atomic E-state index is 13.6. The topological polar surface area (TPSA) is 112 Å².